The third-order valence-corrected chi connectivity index (χ3v) is 3.18. The van der Waals surface area contributed by atoms with Gasteiger partial charge in [0.1, 0.15) is 5.69 Å². The highest BCUT2D eigenvalue weighted by molar-refractivity contribution is 5.92. The number of carbonyl (C=O) groups excluding carboxylic acids is 1. The normalized spacial score (nSPS) is 10.4. The standard InChI is InChI=1S/C15H19N3O/c1-2-18-9-5-8-14(18)15(19)17-11-13-7-4-3-6-12(13)10-16/h3-9H,2,10-11,16H2,1H3,(H,17,19). The zero-order valence-corrected chi connectivity index (χ0v) is 11.1. The lowest BCUT2D eigenvalue weighted by molar-refractivity contribution is 0.0941. The summed E-state index contributed by atoms with van der Waals surface area (Å²) in [6.45, 7) is 3.79. The largest absolute Gasteiger partial charge is 0.347 e. The van der Waals surface area contributed by atoms with Gasteiger partial charge in [0.25, 0.3) is 5.91 Å². The van der Waals surface area contributed by atoms with Crippen LogP contribution in [0.4, 0.5) is 0 Å². The molecule has 0 aliphatic heterocycles. The van der Waals surface area contributed by atoms with Crippen LogP contribution in [0, 0.1) is 0 Å². The number of nitrogens with two attached hydrogens (primary N) is 1. The number of aryl methyl sites for hydroxylation is 1. The molecule has 2 rings (SSSR count). The highest BCUT2D eigenvalue weighted by atomic mass is 16.1. The van der Waals surface area contributed by atoms with Crippen LogP contribution < -0.4 is 11.1 Å². The van der Waals surface area contributed by atoms with Crippen molar-refractivity contribution in [1.29, 1.82) is 0 Å². The van der Waals surface area contributed by atoms with E-state index in [2.05, 4.69) is 5.32 Å². The second-order valence-electron chi connectivity index (χ2n) is 4.33. The van der Waals surface area contributed by atoms with Gasteiger partial charge in [0.15, 0.2) is 0 Å². The molecule has 0 aliphatic carbocycles. The molecule has 0 bridgehead atoms. The zero-order valence-electron chi connectivity index (χ0n) is 11.1. The van der Waals surface area contributed by atoms with Gasteiger partial charge < -0.3 is 15.6 Å². The van der Waals surface area contributed by atoms with Crippen LogP contribution in [0.5, 0.6) is 0 Å². The number of hydrogen-bond acceptors (Lipinski definition) is 2. The summed E-state index contributed by atoms with van der Waals surface area (Å²) in [5.41, 5.74) is 8.49. The fourth-order valence-electron chi connectivity index (χ4n) is 2.09. The number of nitrogens with one attached hydrogen (secondary N) is 1. The number of nitrogens with zero attached hydrogens (tertiary/aromatic N) is 1. The van der Waals surface area contributed by atoms with Crippen LogP contribution in [0.1, 0.15) is 28.5 Å². The highest BCUT2D eigenvalue weighted by Crippen LogP contribution is 2.08. The minimum absolute atomic E-state index is 0.0568. The molecule has 1 amide bonds. The second kappa shape index (κ2) is 6.20. The summed E-state index contributed by atoms with van der Waals surface area (Å²) in [5, 5.41) is 2.94. The molecule has 1 aromatic carbocycles. The number of benzene rings is 1. The quantitative estimate of drug-likeness (QED) is 0.859. The summed E-state index contributed by atoms with van der Waals surface area (Å²) in [6.07, 6.45) is 1.91. The van der Waals surface area contributed by atoms with Crippen LogP contribution in [0.15, 0.2) is 42.6 Å². The van der Waals surface area contributed by atoms with Gasteiger partial charge in [-0.05, 0) is 30.2 Å². The van der Waals surface area contributed by atoms with Crippen LogP contribution in [0.2, 0.25) is 0 Å². The molecular weight excluding hydrogens is 238 g/mol. The lowest BCUT2D eigenvalue weighted by Gasteiger charge is -2.10. The van der Waals surface area contributed by atoms with E-state index in [0.717, 1.165) is 17.7 Å². The van der Waals surface area contributed by atoms with Crippen LogP contribution >= 0.6 is 0 Å². The van der Waals surface area contributed by atoms with Crippen LogP contribution in [0.25, 0.3) is 0 Å². The zero-order chi connectivity index (χ0) is 13.7. The van der Waals surface area contributed by atoms with Gasteiger partial charge in [-0.1, -0.05) is 24.3 Å². The Hall–Kier alpha value is -2.07. The van der Waals surface area contributed by atoms with E-state index in [-0.39, 0.29) is 5.91 Å². The molecule has 0 unspecified atom stereocenters. The van der Waals surface area contributed by atoms with Crippen LogP contribution in [0.3, 0.4) is 0 Å². The Labute approximate surface area is 113 Å². The predicted molar refractivity (Wildman–Crippen MR) is 75.6 cm³/mol. The molecule has 19 heavy (non-hydrogen) atoms. The molecule has 4 heteroatoms. The summed E-state index contributed by atoms with van der Waals surface area (Å²) in [6, 6.07) is 11.6. The average Bonchev–Trinajstić information content (AvgIpc) is 2.93. The molecule has 100 valence electrons. The molecule has 3 N–H and O–H groups in total. The first kappa shape index (κ1) is 13.4. The first-order chi connectivity index (χ1) is 9.26. The first-order valence-corrected chi connectivity index (χ1v) is 6.46. The Morgan fingerprint density at radius 2 is 1.95 bits per heavy atom. The van der Waals surface area contributed by atoms with Crippen molar-refractivity contribution >= 4 is 5.91 Å². The number of rotatable bonds is 5. The van der Waals surface area contributed by atoms with Gasteiger partial charge in [-0.15, -0.1) is 0 Å². The molecule has 0 atom stereocenters. The van der Waals surface area contributed by atoms with E-state index in [4.69, 9.17) is 5.73 Å². The fourth-order valence-corrected chi connectivity index (χ4v) is 2.09. The van der Waals surface area contributed by atoms with Gasteiger partial charge in [0.2, 0.25) is 0 Å². The average molecular weight is 257 g/mol. The van der Waals surface area contributed by atoms with Crippen molar-refractivity contribution in [3.05, 3.63) is 59.4 Å². The van der Waals surface area contributed by atoms with Crippen molar-refractivity contribution in [2.24, 2.45) is 5.73 Å². The summed E-state index contributed by atoms with van der Waals surface area (Å²) in [5.74, 6) is -0.0568. The summed E-state index contributed by atoms with van der Waals surface area (Å²) >= 11 is 0. The Bertz CT molecular complexity index is 560. The molecular formula is C15H19N3O. The minimum Gasteiger partial charge on any atom is -0.347 e. The van der Waals surface area contributed by atoms with E-state index in [0.29, 0.717) is 18.8 Å². The van der Waals surface area contributed by atoms with Crippen LogP contribution in [-0.4, -0.2) is 10.5 Å². The van der Waals surface area contributed by atoms with Crippen molar-refractivity contribution in [3.8, 4) is 0 Å². The Kier molecular flexibility index (Phi) is 4.36. The van der Waals surface area contributed by atoms with Gasteiger partial charge in [-0.3, -0.25) is 4.79 Å². The highest BCUT2D eigenvalue weighted by Gasteiger charge is 2.10. The maximum atomic E-state index is 12.1. The SMILES string of the molecule is CCn1cccc1C(=O)NCc1ccccc1CN. The van der Waals surface area contributed by atoms with Gasteiger partial charge in [-0.25, -0.2) is 0 Å². The molecule has 0 radical (unpaired) electrons. The van der Waals surface area contributed by atoms with Crippen molar-refractivity contribution in [1.82, 2.24) is 9.88 Å². The molecule has 0 saturated heterocycles. The molecule has 0 saturated carbocycles. The third-order valence-electron chi connectivity index (χ3n) is 3.18. The minimum atomic E-state index is -0.0568. The lowest BCUT2D eigenvalue weighted by Crippen LogP contribution is -2.25. The van der Waals surface area contributed by atoms with E-state index in [1.807, 2.05) is 54.1 Å². The second-order valence-corrected chi connectivity index (χ2v) is 4.33. The van der Waals surface area contributed by atoms with E-state index >= 15 is 0 Å². The molecule has 4 nitrogen and oxygen atoms in total. The molecule has 0 fully saturated rings. The van der Waals surface area contributed by atoms with E-state index in [1.54, 1.807) is 0 Å². The fraction of sp³-hybridized carbons (Fsp3) is 0.267. The van der Waals surface area contributed by atoms with Gasteiger partial charge in [-0.2, -0.15) is 0 Å². The van der Waals surface area contributed by atoms with Crippen molar-refractivity contribution in [2.75, 3.05) is 0 Å². The van der Waals surface area contributed by atoms with Crippen LogP contribution in [-0.2, 0) is 19.6 Å². The number of aromatic nitrogens is 1. The lowest BCUT2D eigenvalue weighted by atomic mass is 10.1. The summed E-state index contributed by atoms with van der Waals surface area (Å²) < 4.78 is 1.92. The van der Waals surface area contributed by atoms with Gasteiger partial charge in [0.05, 0.1) is 0 Å². The van der Waals surface area contributed by atoms with Gasteiger partial charge in [0, 0.05) is 25.8 Å². The molecule has 2 aromatic rings. The Morgan fingerprint density at radius 1 is 1.21 bits per heavy atom. The number of carbonyl (C=O) groups is 1. The summed E-state index contributed by atoms with van der Waals surface area (Å²) in [4.78, 5) is 12.1. The molecule has 1 heterocycles. The molecule has 0 spiro atoms. The van der Waals surface area contributed by atoms with E-state index in [9.17, 15) is 4.79 Å². The van der Waals surface area contributed by atoms with Crippen molar-refractivity contribution in [3.63, 3.8) is 0 Å². The first-order valence-electron chi connectivity index (χ1n) is 6.46. The monoisotopic (exact) mass is 257 g/mol. The summed E-state index contributed by atoms with van der Waals surface area (Å²) in [7, 11) is 0. The van der Waals surface area contributed by atoms with Crippen molar-refractivity contribution in [2.45, 2.75) is 26.6 Å². The van der Waals surface area contributed by atoms with Gasteiger partial charge >= 0.3 is 0 Å². The third kappa shape index (κ3) is 3.03. The smallest absolute Gasteiger partial charge is 0.268 e. The number of hydrogen-bond donors (Lipinski definition) is 2. The Balaban J connectivity index is 2.04. The predicted octanol–water partition coefficient (Wildman–Crippen LogP) is 1.90. The molecule has 1 aromatic heterocycles. The van der Waals surface area contributed by atoms with E-state index in [1.165, 1.54) is 0 Å². The molecule has 0 aliphatic rings. The topological polar surface area (TPSA) is 60.0 Å². The maximum absolute atomic E-state index is 12.1. The Morgan fingerprint density at radius 3 is 2.63 bits per heavy atom. The maximum Gasteiger partial charge on any atom is 0.268 e. The van der Waals surface area contributed by atoms with Crippen molar-refractivity contribution < 1.29 is 4.79 Å². The number of amides is 1. The van der Waals surface area contributed by atoms with E-state index < -0.39 is 0 Å².